The second-order valence-electron chi connectivity index (χ2n) is 14.7. The van der Waals surface area contributed by atoms with Crippen LogP contribution in [0.1, 0.15) is 176 Å². The van der Waals surface area contributed by atoms with Gasteiger partial charge in [-0.15, -0.1) is 0 Å². The van der Waals surface area contributed by atoms with E-state index in [2.05, 4.69) is 78.0 Å². The normalized spacial score (nSPS) is 15.2. The maximum absolute atomic E-state index is 13.7. The summed E-state index contributed by atoms with van der Waals surface area (Å²) in [5.74, 6) is 1.12. The van der Waals surface area contributed by atoms with Crippen molar-refractivity contribution in [1.29, 1.82) is 0 Å². The van der Waals surface area contributed by atoms with Crippen LogP contribution in [0.25, 0.3) is 0 Å². The van der Waals surface area contributed by atoms with E-state index >= 15 is 0 Å². The number of hydrogen-bond acceptors (Lipinski definition) is 7. The molecule has 3 atom stereocenters. The van der Waals surface area contributed by atoms with Crippen LogP contribution in [0.5, 0.6) is 0 Å². The summed E-state index contributed by atoms with van der Waals surface area (Å²) in [6.07, 6.45) is 39.5. The number of phosphoric acid groups is 1. The van der Waals surface area contributed by atoms with Crippen LogP contribution in [0, 0.1) is 17.8 Å². The molecular weight excluding hydrogens is 683 g/mol. The van der Waals surface area contributed by atoms with Crippen molar-refractivity contribution in [2.45, 2.75) is 176 Å². The van der Waals surface area contributed by atoms with Crippen molar-refractivity contribution in [2.24, 2.45) is 17.8 Å². The Bertz CT molecular complexity index is 768. The molecule has 0 aliphatic carbocycles. The highest BCUT2D eigenvalue weighted by Crippen LogP contribution is 2.49. The smallest absolute Gasteiger partial charge is 0.378 e. The topological polar surface area (TPSA) is 72.5 Å². The Morgan fingerprint density at radius 3 is 0.925 bits per heavy atom. The van der Waals surface area contributed by atoms with Gasteiger partial charge in [-0.3, -0.25) is 13.6 Å². The molecule has 0 N–H and O–H groups in total. The average Bonchev–Trinajstić information content (AvgIpc) is 3.15. The average molecular weight is 771 g/mol. The zero-order valence-corrected chi connectivity index (χ0v) is 36.6. The molecule has 0 spiro atoms. The molecule has 0 heterocycles. The second-order valence-corrected chi connectivity index (χ2v) is 16.4. The minimum absolute atomic E-state index is 0.127. The first kappa shape index (κ1) is 52.2. The number of unbranched alkanes of at least 4 members (excludes halogenated alkanes) is 15. The van der Waals surface area contributed by atoms with Crippen molar-refractivity contribution in [3.05, 3.63) is 36.5 Å². The van der Waals surface area contributed by atoms with Crippen molar-refractivity contribution < 1.29 is 32.3 Å². The summed E-state index contributed by atoms with van der Waals surface area (Å²) in [7, 11) is -3.82. The third-order valence-corrected chi connectivity index (χ3v) is 11.1. The first-order valence-corrected chi connectivity index (χ1v) is 23.6. The van der Waals surface area contributed by atoms with Gasteiger partial charge in [0.2, 0.25) is 0 Å². The van der Waals surface area contributed by atoms with E-state index in [1.807, 2.05) is 0 Å². The molecule has 0 aromatic heterocycles. The zero-order valence-electron chi connectivity index (χ0n) is 35.7. The van der Waals surface area contributed by atoms with Crippen molar-refractivity contribution in [2.75, 3.05) is 59.5 Å². The lowest BCUT2D eigenvalue weighted by atomic mass is 10.0. The quantitative estimate of drug-likeness (QED) is 0.0348. The first-order valence-electron chi connectivity index (χ1n) is 22.1. The van der Waals surface area contributed by atoms with Gasteiger partial charge < -0.3 is 14.2 Å². The lowest BCUT2D eigenvalue weighted by Gasteiger charge is -2.20. The van der Waals surface area contributed by atoms with E-state index < -0.39 is 7.82 Å². The Balaban J connectivity index is 4.86. The highest BCUT2D eigenvalue weighted by Gasteiger charge is 2.27. The molecule has 314 valence electrons. The number of hydrogen-bond donors (Lipinski definition) is 0. The van der Waals surface area contributed by atoms with Gasteiger partial charge in [0.05, 0.1) is 59.5 Å². The second kappa shape index (κ2) is 40.9. The Kier molecular flexibility index (Phi) is 40.3. The van der Waals surface area contributed by atoms with Crippen LogP contribution >= 0.6 is 7.82 Å². The van der Waals surface area contributed by atoms with E-state index in [-0.39, 0.29) is 19.8 Å². The molecule has 0 bridgehead atoms. The van der Waals surface area contributed by atoms with Crippen molar-refractivity contribution in [3.8, 4) is 0 Å². The van der Waals surface area contributed by atoms with Crippen LogP contribution < -0.4 is 0 Å². The predicted molar refractivity (Wildman–Crippen MR) is 227 cm³/mol. The fourth-order valence-corrected chi connectivity index (χ4v) is 7.64. The summed E-state index contributed by atoms with van der Waals surface area (Å²) in [4.78, 5) is 0. The van der Waals surface area contributed by atoms with Crippen LogP contribution in [0.4, 0.5) is 0 Å². The summed E-state index contributed by atoms with van der Waals surface area (Å²) in [5, 5.41) is 0. The van der Waals surface area contributed by atoms with Crippen LogP contribution in [0.2, 0.25) is 0 Å². The molecule has 0 aliphatic heterocycles. The SMILES string of the molecule is CC=CC(CCCCCCCC)COCCOP(=O)(OCCOCC(C=CC)CCCCCCCC)OCCOCC(C=CC)CCCCCCCC. The van der Waals surface area contributed by atoms with E-state index in [0.29, 0.717) is 57.4 Å². The van der Waals surface area contributed by atoms with Crippen molar-refractivity contribution >= 4 is 7.82 Å². The largest absolute Gasteiger partial charge is 0.475 e. The molecule has 3 unspecified atom stereocenters. The highest BCUT2D eigenvalue weighted by atomic mass is 31.2. The summed E-state index contributed by atoms with van der Waals surface area (Å²) in [5.41, 5.74) is 0. The molecule has 7 nitrogen and oxygen atoms in total. The van der Waals surface area contributed by atoms with Gasteiger partial charge in [0.1, 0.15) is 0 Å². The molecule has 0 radical (unpaired) electrons. The number of phosphoric ester groups is 1. The van der Waals surface area contributed by atoms with Gasteiger partial charge in [0, 0.05) is 17.8 Å². The van der Waals surface area contributed by atoms with Gasteiger partial charge in [-0.25, -0.2) is 4.57 Å². The van der Waals surface area contributed by atoms with E-state index in [0.717, 1.165) is 19.3 Å². The van der Waals surface area contributed by atoms with Gasteiger partial charge in [-0.1, -0.05) is 173 Å². The fourth-order valence-electron chi connectivity index (χ4n) is 6.52. The minimum Gasteiger partial charge on any atom is -0.378 e. The van der Waals surface area contributed by atoms with Crippen LogP contribution in [0.3, 0.4) is 0 Å². The van der Waals surface area contributed by atoms with Gasteiger partial charge in [-0.2, -0.15) is 0 Å². The summed E-state index contributed by atoms with van der Waals surface area (Å²) >= 11 is 0. The van der Waals surface area contributed by atoms with Gasteiger partial charge in [-0.05, 0) is 40.0 Å². The summed E-state index contributed by atoms with van der Waals surface area (Å²) < 4.78 is 48.9. The van der Waals surface area contributed by atoms with Crippen molar-refractivity contribution in [1.82, 2.24) is 0 Å². The number of ether oxygens (including phenoxy) is 3. The van der Waals surface area contributed by atoms with Gasteiger partial charge in [0.15, 0.2) is 0 Å². The molecule has 53 heavy (non-hydrogen) atoms. The minimum atomic E-state index is -3.82. The molecular formula is C45H87O7P. The molecule has 0 saturated heterocycles. The standard InChI is InChI=1S/C45H87O7P/c1-7-13-16-19-22-25-31-43(28-10-4)40-47-34-37-50-53(46,51-38-35-48-41-44(29-11-5)32-26-23-20-17-14-8-2)52-39-36-49-42-45(30-12-6)33-27-24-21-18-15-9-3/h10-12,28-30,43-45H,7-9,13-27,31-42H2,1-6H3. The van der Waals surface area contributed by atoms with Crippen LogP contribution in [0.15, 0.2) is 36.5 Å². The van der Waals surface area contributed by atoms with Crippen molar-refractivity contribution in [3.63, 3.8) is 0 Å². The third-order valence-electron chi connectivity index (χ3n) is 9.61. The maximum atomic E-state index is 13.7. The number of allylic oxidation sites excluding steroid dienone is 3. The molecule has 0 saturated carbocycles. The zero-order chi connectivity index (χ0) is 38.9. The summed E-state index contributed by atoms with van der Waals surface area (Å²) in [6.45, 7) is 16.1. The lowest BCUT2D eigenvalue weighted by Crippen LogP contribution is -2.15. The molecule has 0 fully saturated rings. The Morgan fingerprint density at radius 1 is 0.396 bits per heavy atom. The molecule has 0 amide bonds. The van der Waals surface area contributed by atoms with Gasteiger partial charge in [0.25, 0.3) is 0 Å². The third kappa shape index (κ3) is 35.4. The fraction of sp³-hybridized carbons (Fsp3) is 0.867. The Labute approximate surface area is 329 Å². The Morgan fingerprint density at radius 2 is 0.660 bits per heavy atom. The van der Waals surface area contributed by atoms with E-state index in [9.17, 15) is 4.57 Å². The molecule has 0 aliphatic rings. The first-order chi connectivity index (χ1) is 26.0. The molecule has 0 aromatic carbocycles. The molecule has 0 rings (SSSR count). The van der Waals surface area contributed by atoms with Crippen LogP contribution in [-0.4, -0.2) is 59.5 Å². The van der Waals surface area contributed by atoms with Crippen LogP contribution in [-0.2, 0) is 32.3 Å². The number of rotatable bonds is 42. The lowest BCUT2D eigenvalue weighted by molar-refractivity contribution is 0.0253. The monoisotopic (exact) mass is 771 g/mol. The van der Waals surface area contributed by atoms with E-state index in [4.69, 9.17) is 27.8 Å². The highest BCUT2D eigenvalue weighted by molar-refractivity contribution is 7.48. The summed E-state index contributed by atoms with van der Waals surface area (Å²) in [6, 6.07) is 0. The maximum Gasteiger partial charge on any atom is 0.475 e. The predicted octanol–water partition coefficient (Wildman–Crippen LogP) is 14.0. The molecule has 0 aromatic rings. The molecule has 8 heteroatoms. The van der Waals surface area contributed by atoms with E-state index in [1.54, 1.807) is 0 Å². The Hall–Kier alpha value is -0.790. The van der Waals surface area contributed by atoms with E-state index in [1.165, 1.54) is 116 Å². The van der Waals surface area contributed by atoms with Gasteiger partial charge >= 0.3 is 7.82 Å².